The van der Waals surface area contributed by atoms with Crippen LogP contribution < -0.4 is 0 Å². The topological polar surface area (TPSA) is 101 Å². The molecule has 2 aromatic carbocycles. The van der Waals surface area contributed by atoms with Gasteiger partial charge in [0.1, 0.15) is 24.9 Å². The monoisotopic (exact) mass is 442 g/mol. The van der Waals surface area contributed by atoms with E-state index < -0.39 is 42.6 Å². The first-order valence-electron chi connectivity index (χ1n) is 10.1. The lowest BCUT2D eigenvalue weighted by Gasteiger charge is -2.43. The van der Waals surface area contributed by atoms with Gasteiger partial charge in [-0.3, -0.25) is 0 Å². The van der Waals surface area contributed by atoms with E-state index in [1.54, 1.807) is 60.7 Å². The van der Waals surface area contributed by atoms with Crippen molar-refractivity contribution in [3.63, 3.8) is 0 Å². The lowest BCUT2D eigenvalue weighted by molar-refractivity contribution is -0.300. The lowest BCUT2D eigenvalue weighted by atomic mass is 9.98. The van der Waals surface area contributed by atoms with E-state index in [2.05, 4.69) is 6.58 Å². The van der Waals surface area contributed by atoms with Gasteiger partial charge < -0.3 is 28.8 Å². The molecule has 8 heteroatoms. The fourth-order valence-electron chi connectivity index (χ4n) is 3.29. The summed E-state index contributed by atoms with van der Waals surface area (Å²) in [6.45, 7) is 3.45. The quantitative estimate of drug-likeness (QED) is 0.467. The Morgan fingerprint density at radius 3 is 2.16 bits per heavy atom. The van der Waals surface area contributed by atoms with Gasteiger partial charge in [0.25, 0.3) is 0 Å². The fourth-order valence-corrected chi connectivity index (χ4v) is 3.29. The predicted octanol–water partition coefficient (Wildman–Crippen LogP) is 2.37. The molecular formula is C24H26O8. The highest BCUT2D eigenvalue weighted by Crippen LogP contribution is 2.28. The molecule has 1 N–H and O–H groups in total. The summed E-state index contributed by atoms with van der Waals surface area (Å²) in [7, 11) is 1.40. The zero-order valence-corrected chi connectivity index (χ0v) is 17.7. The fraction of sp³-hybridized carbons (Fsp3) is 0.333. The summed E-state index contributed by atoms with van der Waals surface area (Å²) in [6, 6.07) is 16.8. The third kappa shape index (κ3) is 5.80. The zero-order valence-electron chi connectivity index (χ0n) is 17.7. The van der Waals surface area contributed by atoms with Gasteiger partial charge in [0.05, 0.1) is 17.7 Å². The van der Waals surface area contributed by atoms with Crippen molar-refractivity contribution in [1.82, 2.24) is 0 Å². The van der Waals surface area contributed by atoms with Crippen LogP contribution in [0, 0.1) is 0 Å². The molecule has 8 nitrogen and oxygen atoms in total. The molecule has 0 unspecified atom stereocenters. The summed E-state index contributed by atoms with van der Waals surface area (Å²) < 4.78 is 27.7. The molecule has 0 aliphatic carbocycles. The lowest BCUT2D eigenvalue weighted by Crippen LogP contribution is -2.61. The highest BCUT2D eigenvalue weighted by atomic mass is 16.7. The van der Waals surface area contributed by atoms with E-state index >= 15 is 0 Å². The van der Waals surface area contributed by atoms with Gasteiger partial charge >= 0.3 is 11.9 Å². The Morgan fingerprint density at radius 1 is 1.00 bits per heavy atom. The summed E-state index contributed by atoms with van der Waals surface area (Å²) >= 11 is 0. The molecule has 0 radical (unpaired) electrons. The molecule has 0 bridgehead atoms. The number of methoxy groups -OCH3 is 1. The maximum atomic E-state index is 12.7. The summed E-state index contributed by atoms with van der Waals surface area (Å²) in [5.41, 5.74) is 0.676. The Balaban J connectivity index is 1.75. The molecule has 170 valence electrons. The molecule has 0 spiro atoms. The van der Waals surface area contributed by atoms with Gasteiger partial charge in [-0.25, -0.2) is 9.59 Å². The maximum Gasteiger partial charge on any atom is 0.338 e. The van der Waals surface area contributed by atoms with Crippen molar-refractivity contribution in [3.05, 3.63) is 84.4 Å². The standard InChI is InChI=1S/C24H26O8/c1-3-14-29-21-20(32-23(27)17-12-8-5-9-13-17)19(25)18(31-24(21)28-2)15-30-22(26)16-10-6-4-7-11-16/h3-13,18-21,24-25H,1,14-15H2,2H3/t18-,19+,20+,21-,24-/m1/s1. The first-order chi connectivity index (χ1) is 15.5. The number of carbonyl (C=O) groups is 2. The molecule has 1 heterocycles. The SMILES string of the molecule is C=CCO[C@H]1[C@H](OC)O[C@H](COC(=O)c2ccccc2)[C@H](O)[C@@H]1OC(=O)c1ccccc1. The van der Waals surface area contributed by atoms with Crippen molar-refractivity contribution < 1.29 is 38.4 Å². The van der Waals surface area contributed by atoms with Crippen LogP contribution >= 0.6 is 0 Å². The second kappa shape index (κ2) is 11.5. The van der Waals surface area contributed by atoms with E-state index in [0.717, 1.165) is 0 Å². The average Bonchev–Trinajstić information content (AvgIpc) is 2.84. The van der Waals surface area contributed by atoms with Gasteiger partial charge in [-0.2, -0.15) is 0 Å². The smallest absolute Gasteiger partial charge is 0.338 e. The molecule has 1 saturated heterocycles. The minimum Gasteiger partial charge on any atom is -0.459 e. The Hall–Kier alpha value is -3.04. The van der Waals surface area contributed by atoms with Gasteiger partial charge in [-0.05, 0) is 24.3 Å². The summed E-state index contributed by atoms with van der Waals surface area (Å²) in [5, 5.41) is 10.9. The van der Waals surface area contributed by atoms with Gasteiger partial charge in [-0.15, -0.1) is 6.58 Å². The van der Waals surface area contributed by atoms with Crippen LogP contribution in [0.15, 0.2) is 73.3 Å². The van der Waals surface area contributed by atoms with Crippen LogP contribution in [0.5, 0.6) is 0 Å². The van der Waals surface area contributed by atoms with Gasteiger partial charge in [-0.1, -0.05) is 42.5 Å². The largest absolute Gasteiger partial charge is 0.459 e. The van der Waals surface area contributed by atoms with E-state index in [1.165, 1.54) is 13.2 Å². The number of aliphatic hydroxyl groups is 1. The molecule has 1 aliphatic heterocycles. The molecular weight excluding hydrogens is 416 g/mol. The number of hydrogen-bond donors (Lipinski definition) is 1. The number of carbonyl (C=O) groups excluding carboxylic acids is 2. The number of aliphatic hydroxyl groups excluding tert-OH is 1. The molecule has 1 aliphatic rings. The zero-order chi connectivity index (χ0) is 22.9. The molecule has 2 aromatic rings. The number of ether oxygens (including phenoxy) is 5. The van der Waals surface area contributed by atoms with Crippen LogP contribution in [0.2, 0.25) is 0 Å². The highest BCUT2D eigenvalue weighted by molar-refractivity contribution is 5.89. The molecule has 5 atom stereocenters. The number of esters is 2. The van der Waals surface area contributed by atoms with Crippen molar-refractivity contribution in [3.8, 4) is 0 Å². The first-order valence-corrected chi connectivity index (χ1v) is 10.1. The minimum absolute atomic E-state index is 0.119. The third-order valence-corrected chi connectivity index (χ3v) is 4.90. The Bertz CT molecular complexity index is 885. The van der Waals surface area contributed by atoms with Gasteiger partial charge in [0.15, 0.2) is 12.4 Å². The van der Waals surface area contributed by atoms with Gasteiger partial charge in [0, 0.05) is 7.11 Å². The Morgan fingerprint density at radius 2 is 1.59 bits per heavy atom. The van der Waals surface area contributed by atoms with Crippen molar-refractivity contribution >= 4 is 11.9 Å². The number of benzene rings is 2. The van der Waals surface area contributed by atoms with E-state index in [-0.39, 0.29) is 13.2 Å². The Labute approximate surface area is 186 Å². The van der Waals surface area contributed by atoms with E-state index in [0.29, 0.717) is 11.1 Å². The molecule has 1 fully saturated rings. The molecule has 0 saturated carbocycles. The summed E-state index contributed by atoms with van der Waals surface area (Å²) in [5.74, 6) is -1.21. The van der Waals surface area contributed by atoms with Crippen LogP contribution in [-0.2, 0) is 23.7 Å². The van der Waals surface area contributed by atoms with Crippen LogP contribution in [0.4, 0.5) is 0 Å². The predicted molar refractivity (Wildman–Crippen MR) is 114 cm³/mol. The van der Waals surface area contributed by atoms with Gasteiger partial charge in [0.2, 0.25) is 0 Å². The summed E-state index contributed by atoms with van der Waals surface area (Å²) in [6.07, 6.45) is -3.88. The van der Waals surface area contributed by atoms with Crippen LogP contribution in [0.1, 0.15) is 20.7 Å². The minimum atomic E-state index is -1.34. The maximum absolute atomic E-state index is 12.7. The second-order valence-corrected chi connectivity index (χ2v) is 7.06. The average molecular weight is 442 g/mol. The molecule has 0 amide bonds. The molecule has 0 aromatic heterocycles. The second-order valence-electron chi connectivity index (χ2n) is 7.06. The van der Waals surface area contributed by atoms with E-state index in [4.69, 9.17) is 23.7 Å². The van der Waals surface area contributed by atoms with Crippen LogP contribution in [0.25, 0.3) is 0 Å². The van der Waals surface area contributed by atoms with Crippen molar-refractivity contribution in [1.29, 1.82) is 0 Å². The van der Waals surface area contributed by atoms with Crippen molar-refractivity contribution in [2.75, 3.05) is 20.3 Å². The van der Waals surface area contributed by atoms with Crippen LogP contribution in [0.3, 0.4) is 0 Å². The Kier molecular flexibility index (Phi) is 8.52. The van der Waals surface area contributed by atoms with E-state index in [1.807, 2.05) is 0 Å². The van der Waals surface area contributed by atoms with Crippen molar-refractivity contribution in [2.45, 2.75) is 30.7 Å². The number of rotatable bonds is 9. The third-order valence-electron chi connectivity index (χ3n) is 4.90. The normalized spacial score (nSPS) is 25.0. The molecule has 3 rings (SSSR count). The number of hydrogen-bond acceptors (Lipinski definition) is 8. The van der Waals surface area contributed by atoms with Crippen molar-refractivity contribution in [2.24, 2.45) is 0 Å². The first kappa shape index (κ1) is 23.6. The van der Waals surface area contributed by atoms with E-state index in [9.17, 15) is 14.7 Å². The summed E-state index contributed by atoms with van der Waals surface area (Å²) in [4.78, 5) is 24.9. The highest BCUT2D eigenvalue weighted by Gasteiger charge is 2.49. The van der Waals surface area contributed by atoms with Crippen LogP contribution in [-0.4, -0.2) is 68.1 Å². The molecule has 32 heavy (non-hydrogen) atoms.